The Morgan fingerprint density at radius 1 is 0.909 bits per heavy atom. The van der Waals surface area contributed by atoms with E-state index < -0.39 is 5.97 Å². The highest BCUT2D eigenvalue weighted by molar-refractivity contribution is 5.93. The average Bonchev–Trinajstić information content (AvgIpc) is 3.04. The van der Waals surface area contributed by atoms with Crippen LogP contribution in [0.5, 0.6) is 23.0 Å². The number of benzene rings is 3. The third-order valence-corrected chi connectivity index (χ3v) is 7.29. The van der Waals surface area contributed by atoms with Crippen LogP contribution < -0.4 is 29.6 Å². The lowest BCUT2D eigenvalue weighted by Gasteiger charge is -2.27. The summed E-state index contributed by atoms with van der Waals surface area (Å²) in [4.78, 5) is 33.9. The molecule has 0 radical (unpaired) electrons. The second-order valence-electron chi connectivity index (χ2n) is 10.5. The Balaban J connectivity index is 1.29. The highest BCUT2D eigenvalue weighted by Crippen LogP contribution is 2.32. The maximum absolute atomic E-state index is 13.1. The number of methoxy groups -OCH3 is 2. The number of esters is 1. The highest BCUT2D eigenvalue weighted by atomic mass is 16.6. The van der Waals surface area contributed by atoms with Crippen LogP contribution in [0.1, 0.15) is 51.0 Å². The fourth-order valence-corrected chi connectivity index (χ4v) is 4.93. The Hall–Kier alpha value is -4.73. The molecule has 234 valence electrons. The molecule has 0 aromatic heterocycles. The fourth-order valence-electron chi connectivity index (χ4n) is 4.93. The molecule has 1 aliphatic rings. The van der Waals surface area contributed by atoms with Crippen molar-refractivity contribution >= 4 is 29.2 Å². The summed E-state index contributed by atoms with van der Waals surface area (Å²) >= 11 is 0. The zero-order valence-electron chi connectivity index (χ0n) is 25.8. The molecule has 1 heterocycles. The number of rotatable bonds is 16. The zero-order chi connectivity index (χ0) is 31.3. The van der Waals surface area contributed by atoms with E-state index in [1.165, 1.54) is 13.5 Å². The van der Waals surface area contributed by atoms with E-state index >= 15 is 0 Å². The summed E-state index contributed by atoms with van der Waals surface area (Å²) in [6, 6.07) is 20.3. The Kier molecular flexibility index (Phi) is 11.9. The van der Waals surface area contributed by atoms with Gasteiger partial charge < -0.3 is 34.5 Å². The quantitative estimate of drug-likeness (QED) is 0.123. The predicted octanol–water partition coefficient (Wildman–Crippen LogP) is 5.84. The first-order valence-electron chi connectivity index (χ1n) is 15.0. The van der Waals surface area contributed by atoms with Crippen LogP contribution in [0.25, 0.3) is 0 Å². The largest absolute Gasteiger partial charge is 0.497 e. The van der Waals surface area contributed by atoms with E-state index in [0.29, 0.717) is 48.9 Å². The van der Waals surface area contributed by atoms with Crippen molar-refractivity contribution in [2.24, 2.45) is 10.7 Å². The van der Waals surface area contributed by atoms with Gasteiger partial charge in [0.1, 0.15) is 18.0 Å². The van der Waals surface area contributed by atoms with E-state index in [4.69, 9.17) is 24.7 Å². The molecular weight excluding hydrogens is 560 g/mol. The van der Waals surface area contributed by atoms with Gasteiger partial charge in [0.25, 0.3) is 0 Å². The molecule has 10 nitrogen and oxygen atoms in total. The number of anilines is 1. The third-order valence-electron chi connectivity index (χ3n) is 7.29. The van der Waals surface area contributed by atoms with Gasteiger partial charge >= 0.3 is 5.97 Å². The first-order valence-corrected chi connectivity index (χ1v) is 15.0. The van der Waals surface area contributed by atoms with Gasteiger partial charge in [0.05, 0.1) is 26.5 Å². The lowest BCUT2D eigenvalue weighted by molar-refractivity contribution is -0.135. The lowest BCUT2D eigenvalue weighted by atomic mass is 10.1. The Labute approximate surface area is 259 Å². The minimum absolute atomic E-state index is 0.0985. The monoisotopic (exact) mass is 602 g/mol. The van der Waals surface area contributed by atoms with Gasteiger partial charge in [0.2, 0.25) is 5.91 Å². The lowest BCUT2D eigenvalue weighted by Crippen LogP contribution is -2.42. The standard InChI is InChI=1S/C34H42N4O6/c1-4-5-6-10-19-38(26-12-8-7-9-13-26)32(39)14-11-20-43-28-15-17-29-25(21-28)23-37(34(35)36-29)24-33(40)44-30-18-16-27(41-2)22-31(30)42-3/h7-9,12-13,15-18,21-22H,4-6,10-11,14,19-20,23-24H2,1-3H3,(H2,35,36). The van der Waals surface area contributed by atoms with Crippen LogP contribution >= 0.6 is 0 Å². The molecule has 0 aliphatic carbocycles. The van der Waals surface area contributed by atoms with Crippen molar-refractivity contribution in [1.82, 2.24) is 4.90 Å². The molecule has 1 aliphatic heterocycles. The molecule has 3 aromatic rings. The molecule has 0 spiro atoms. The Morgan fingerprint density at radius 2 is 1.70 bits per heavy atom. The topological polar surface area (TPSA) is 116 Å². The summed E-state index contributed by atoms with van der Waals surface area (Å²) in [5.74, 6) is 1.72. The average molecular weight is 603 g/mol. The first-order chi connectivity index (χ1) is 21.4. The van der Waals surface area contributed by atoms with Crippen molar-refractivity contribution in [3.05, 3.63) is 72.3 Å². The number of carbonyl (C=O) groups is 2. The molecular formula is C34H42N4O6. The van der Waals surface area contributed by atoms with Gasteiger partial charge in [0, 0.05) is 36.8 Å². The molecule has 0 atom stereocenters. The molecule has 0 bridgehead atoms. The van der Waals surface area contributed by atoms with Crippen molar-refractivity contribution in [2.75, 3.05) is 38.8 Å². The first kappa shape index (κ1) is 32.2. The number of nitrogens with zero attached hydrogens (tertiary/aromatic N) is 3. The van der Waals surface area contributed by atoms with Crippen LogP contribution in [0.2, 0.25) is 0 Å². The number of fused-ring (bicyclic) bond motifs is 1. The van der Waals surface area contributed by atoms with Crippen LogP contribution in [0, 0.1) is 0 Å². The summed E-state index contributed by atoms with van der Waals surface area (Å²) in [7, 11) is 3.04. The zero-order valence-corrected chi connectivity index (χ0v) is 25.8. The molecule has 3 aromatic carbocycles. The van der Waals surface area contributed by atoms with Crippen LogP contribution in [-0.4, -0.2) is 56.7 Å². The summed E-state index contributed by atoms with van der Waals surface area (Å²) in [5.41, 5.74) is 8.68. The number of carbonyl (C=O) groups excluding carboxylic acids is 2. The van der Waals surface area contributed by atoms with Crippen LogP contribution in [0.3, 0.4) is 0 Å². The summed E-state index contributed by atoms with van der Waals surface area (Å²) < 4.78 is 22.0. The van der Waals surface area contributed by atoms with Gasteiger partial charge in [0.15, 0.2) is 17.5 Å². The van der Waals surface area contributed by atoms with Gasteiger partial charge in [-0.2, -0.15) is 0 Å². The Bertz CT molecular complexity index is 1430. The fraction of sp³-hybridized carbons (Fsp3) is 0.382. The molecule has 10 heteroatoms. The number of unbranched alkanes of at least 4 members (excludes halogenated alkanes) is 3. The summed E-state index contributed by atoms with van der Waals surface area (Å²) in [6.07, 6.45) is 5.40. The SMILES string of the molecule is CCCCCCN(C(=O)CCCOc1ccc2c(c1)CN(CC(=O)Oc1ccc(OC)cc1OC)C(N)=N2)c1ccccc1. The number of hydrogen-bond acceptors (Lipinski definition) is 9. The second-order valence-corrected chi connectivity index (χ2v) is 10.5. The van der Waals surface area contributed by atoms with E-state index in [0.717, 1.165) is 37.1 Å². The highest BCUT2D eigenvalue weighted by Gasteiger charge is 2.23. The minimum Gasteiger partial charge on any atom is -0.497 e. The van der Waals surface area contributed by atoms with E-state index in [1.807, 2.05) is 53.4 Å². The molecule has 0 fully saturated rings. The van der Waals surface area contributed by atoms with E-state index in [1.54, 1.807) is 30.2 Å². The number of amides is 1. The predicted molar refractivity (Wildman–Crippen MR) is 171 cm³/mol. The van der Waals surface area contributed by atoms with Gasteiger partial charge in [-0.1, -0.05) is 44.4 Å². The number of para-hydroxylation sites is 1. The molecule has 2 N–H and O–H groups in total. The smallest absolute Gasteiger partial charge is 0.331 e. The number of guanidine groups is 1. The summed E-state index contributed by atoms with van der Waals surface area (Å²) in [5, 5.41) is 0. The van der Waals surface area contributed by atoms with Crippen LogP contribution in [-0.2, 0) is 16.1 Å². The number of aliphatic imine (C=N–C) groups is 1. The Morgan fingerprint density at radius 3 is 2.45 bits per heavy atom. The minimum atomic E-state index is -0.512. The van der Waals surface area contributed by atoms with E-state index in [-0.39, 0.29) is 24.2 Å². The number of hydrogen-bond donors (Lipinski definition) is 1. The van der Waals surface area contributed by atoms with E-state index in [2.05, 4.69) is 11.9 Å². The molecule has 0 saturated heterocycles. The normalized spacial score (nSPS) is 12.2. The summed E-state index contributed by atoms with van der Waals surface area (Å²) in [6.45, 7) is 3.55. The van der Waals surface area contributed by atoms with Crippen molar-refractivity contribution in [1.29, 1.82) is 0 Å². The van der Waals surface area contributed by atoms with Gasteiger partial charge in [-0.3, -0.25) is 4.79 Å². The number of nitrogens with two attached hydrogens (primary N) is 1. The molecule has 0 unspecified atom stereocenters. The van der Waals surface area contributed by atoms with Crippen molar-refractivity contribution in [3.63, 3.8) is 0 Å². The molecule has 44 heavy (non-hydrogen) atoms. The molecule has 1 amide bonds. The van der Waals surface area contributed by atoms with Gasteiger partial charge in [-0.05, 0) is 55.3 Å². The third kappa shape index (κ3) is 8.89. The van der Waals surface area contributed by atoms with E-state index in [9.17, 15) is 9.59 Å². The van der Waals surface area contributed by atoms with Crippen LogP contribution in [0.15, 0.2) is 71.7 Å². The van der Waals surface area contributed by atoms with Gasteiger partial charge in [-0.25, -0.2) is 9.79 Å². The number of ether oxygens (including phenoxy) is 4. The maximum atomic E-state index is 13.1. The van der Waals surface area contributed by atoms with Crippen LogP contribution in [0.4, 0.5) is 11.4 Å². The van der Waals surface area contributed by atoms with Crippen molar-refractivity contribution in [2.45, 2.75) is 52.0 Å². The molecule has 0 saturated carbocycles. The molecule has 4 rings (SSSR count). The van der Waals surface area contributed by atoms with Crippen molar-refractivity contribution in [3.8, 4) is 23.0 Å². The van der Waals surface area contributed by atoms with Gasteiger partial charge in [-0.15, -0.1) is 0 Å². The maximum Gasteiger partial charge on any atom is 0.331 e. The second kappa shape index (κ2) is 16.2. The van der Waals surface area contributed by atoms with Crippen molar-refractivity contribution < 1.29 is 28.5 Å².